The van der Waals surface area contributed by atoms with Crippen LogP contribution >= 0.6 is 11.6 Å². The highest BCUT2D eigenvalue weighted by Crippen LogP contribution is 2.20. The molecule has 3 heterocycles. The van der Waals surface area contributed by atoms with E-state index >= 15 is 0 Å². The van der Waals surface area contributed by atoms with E-state index in [0.29, 0.717) is 11.2 Å². The lowest BCUT2D eigenvalue weighted by Gasteiger charge is -2.30. The Kier molecular flexibility index (Phi) is 5.65. The molecule has 0 radical (unpaired) electrons. The zero-order valence-corrected chi connectivity index (χ0v) is 14.3. The van der Waals surface area contributed by atoms with Crippen molar-refractivity contribution in [3.63, 3.8) is 0 Å². The molecule has 0 spiro atoms. The number of imidazole rings is 1. The van der Waals surface area contributed by atoms with Crippen molar-refractivity contribution < 1.29 is 0 Å². The SMILES string of the molecule is Cn1c(Cl)cnc1CN(Cc1ccccn1)[C@H]1CCCNCC1. The fourth-order valence-electron chi connectivity index (χ4n) is 3.13. The Morgan fingerprint density at radius 2 is 2.17 bits per heavy atom. The number of hydrogen-bond acceptors (Lipinski definition) is 4. The van der Waals surface area contributed by atoms with Crippen LogP contribution in [0.1, 0.15) is 30.8 Å². The lowest BCUT2D eigenvalue weighted by Crippen LogP contribution is -2.36. The Hall–Kier alpha value is -1.43. The number of nitrogens with zero attached hydrogens (tertiary/aromatic N) is 4. The number of nitrogens with one attached hydrogen (secondary N) is 1. The molecule has 0 saturated carbocycles. The van der Waals surface area contributed by atoms with Crippen LogP contribution < -0.4 is 5.32 Å². The highest BCUT2D eigenvalue weighted by atomic mass is 35.5. The van der Waals surface area contributed by atoms with Crippen LogP contribution in [0.3, 0.4) is 0 Å². The van der Waals surface area contributed by atoms with Crippen molar-refractivity contribution in [1.82, 2.24) is 24.8 Å². The van der Waals surface area contributed by atoms with Gasteiger partial charge in [-0.05, 0) is 44.5 Å². The van der Waals surface area contributed by atoms with Crippen LogP contribution in [0, 0.1) is 0 Å². The van der Waals surface area contributed by atoms with Crippen molar-refractivity contribution in [3.8, 4) is 0 Å². The molecule has 1 N–H and O–H groups in total. The van der Waals surface area contributed by atoms with Gasteiger partial charge in [0.25, 0.3) is 0 Å². The molecular formula is C17H24ClN5. The van der Waals surface area contributed by atoms with E-state index in [1.54, 1.807) is 6.20 Å². The van der Waals surface area contributed by atoms with Gasteiger partial charge in [-0.25, -0.2) is 4.98 Å². The zero-order valence-electron chi connectivity index (χ0n) is 13.6. The van der Waals surface area contributed by atoms with Gasteiger partial charge in [0.2, 0.25) is 0 Å². The highest BCUT2D eigenvalue weighted by molar-refractivity contribution is 6.29. The van der Waals surface area contributed by atoms with Crippen molar-refractivity contribution in [2.45, 2.75) is 38.4 Å². The van der Waals surface area contributed by atoms with Gasteiger partial charge in [0, 0.05) is 25.8 Å². The van der Waals surface area contributed by atoms with Gasteiger partial charge in [-0.3, -0.25) is 9.88 Å². The Morgan fingerprint density at radius 1 is 1.26 bits per heavy atom. The first kappa shape index (κ1) is 16.4. The van der Waals surface area contributed by atoms with Crippen molar-refractivity contribution in [1.29, 1.82) is 0 Å². The normalized spacial score (nSPS) is 19.0. The molecule has 1 fully saturated rings. The second-order valence-corrected chi connectivity index (χ2v) is 6.50. The molecule has 0 bridgehead atoms. The average Bonchev–Trinajstić information content (AvgIpc) is 2.79. The third kappa shape index (κ3) is 4.31. The molecule has 5 nitrogen and oxygen atoms in total. The van der Waals surface area contributed by atoms with Gasteiger partial charge in [0.05, 0.1) is 18.4 Å². The Labute approximate surface area is 142 Å². The molecular weight excluding hydrogens is 310 g/mol. The monoisotopic (exact) mass is 333 g/mol. The van der Waals surface area contributed by atoms with E-state index < -0.39 is 0 Å². The molecule has 124 valence electrons. The zero-order chi connectivity index (χ0) is 16.1. The van der Waals surface area contributed by atoms with Gasteiger partial charge in [-0.1, -0.05) is 17.7 Å². The van der Waals surface area contributed by atoms with Gasteiger partial charge < -0.3 is 9.88 Å². The van der Waals surface area contributed by atoms with Crippen LogP contribution in [0.2, 0.25) is 5.15 Å². The Balaban J connectivity index is 1.78. The van der Waals surface area contributed by atoms with Gasteiger partial charge in [-0.15, -0.1) is 0 Å². The van der Waals surface area contributed by atoms with Gasteiger partial charge >= 0.3 is 0 Å². The van der Waals surface area contributed by atoms with Crippen LogP contribution in [0.5, 0.6) is 0 Å². The van der Waals surface area contributed by atoms with E-state index in [4.69, 9.17) is 11.6 Å². The molecule has 23 heavy (non-hydrogen) atoms. The maximum atomic E-state index is 6.14. The molecule has 0 aromatic carbocycles. The van der Waals surface area contributed by atoms with Gasteiger partial charge in [-0.2, -0.15) is 0 Å². The summed E-state index contributed by atoms with van der Waals surface area (Å²) in [6.07, 6.45) is 7.16. The summed E-state index contributed by atoms with van der Waals surface area (Å²) >= 11 is 6.14. The van der Waals surface area contributed by atoms with Crippen molar-refractivity contribution in [3.05, 3.63) is 47.3 Å². The largest absolute Gasteiger partial charge is 0.321 e. The smallest absolute Gasteiger partial charge is 0.128 e. The molecule has 1 saturated heterocycles. The standard InChI is InChI=1S/C17H24ClN5/c1-22-16(18)11-21-17(22)13-23(12-14-5-2-3-9-20-14)15-6-4-8-19-10-7-15/h2-3,5,9,11,15,19H,4,6-8,10,12-13H2,1H3/t15-/m0/s1. The minimum absolute atomic E-state index is 0.544. The Morgan fingerprint density at radius 3 is 2.91 bits per heavy atom. The minimum atomic E-state index is 0.544. The summed E-state index contributed by atoms with van der Waals surface area (Å²) in [4.78, 5) is 11.5. The number of rotatable bonds is 5. The number of halogens is 1. The van der Waals surface area contributed by atoms with E-state index in [9.17, 15) is 0 Å². The molecule has 2 aromatic heterocycles. The summed E-state index contributed by atoms with van der Waals surface area (Å²) in [5, 5.41) is 4.17. The van der Waals surface area contributed by atoms with Crippen molar-refractivity contribution >= 4 is 11.6 Å². The number of hydrogen-bond donors (Lipinski definition) is 1. The summed E-state index contributed by atoms with van der Waals surface area (Å²) in [6, 6.07) is 6.64. The van der Waals surface area contributed by atoms with E-state index in [1.165, 1.54) is 12.8 Å². The van der Waals surface area contributed by atoms with Crippen LogP contribution in [-0.4, -0.2) is 38.6 Å². The first-order chi connectivity index (χ1) is 11.2. The van der Waals surface area contributed by atoms with E-state index in [2.05, 4.69) is 26.3 Å². The van der Waals surface area contributed by atoms with E-state index in [-0.39, 0.29) is 0 Å². The third-order valence-corrected chi connectivity index (χ3v) is 4.88. The Bertz CT molecular complexity index is 605. The maximum absolute atomic E-state index is 6.14. The lowest BCUT2D eigenvalue weighted by molar-refractivity contribution is 0.156. The summed E-state index contributed by atoms with van der Waals surface area (Å²) in [5.41, 5.74) is 1.10. The van der Waals surface area contributed by atoms with E-state index in [0.717, 1.165) is 44.1 Å². The summed E-state index contributed by atoms with van der Waals surface area (Å²) in [6.45, 7) is 3.83. The molecule has 1 aliphatic heterocycles. The average molecular weight is 334 g/mol. The van der Waals surface area contributed by atoms with Crippen LogP contribution in [0.15, 0.2) is 30.6 Å². The van der Waals surface area contributed by atoms with Gasteiger partial charge in [0.15, 0.2) is 0 Å². The molecule has 1 aliphatic rings. The minimum Gasteiger partial charge on any atom is -0.321 e. The van der Waals surface area contributed by atoms with Gasteiger partial charge in [0.1, 0.15) is 11.0 Å². The molecule has 2 aromatic rings. The third-order valence-electron chi connectivity index (χ3n) is 4.53. The maximum Gasteiger partial charge on any atom is 0.128 e. The quantitative estimate of drug-likeness (QED) is 0.913. The van der Waals surface area contributed by atoms with E-state index in [1.807, 2.05) is 29.9 Å². The summed E-state index contributed by atoms with van der Waals surface area (Å²) < 4.78 is 1.96. The fourth-order valence-corrected chi connectivity index (χ4v) is 3.28. The predicted octanol–water partition coefficient (Wildman–Crippen LogP) is 2.61. The topological polar surface area (TPSA) is 46.0 Å². The number of aromatic nitrogens is 3. The van der Waals surface area contributed by atoms with Crippen molar-refractivity contribution in [2.75, 3.05) is 13.1 Å². The molecule has 1 atom stereocenters. The highest BCUT2D eigenvalue weighted by Gasteiger charge is 2.22. The summed E-state index contributed by atoms with van der Waals surface area (Å²) in [7, 11) is 1.97. The van der Waals surface area contributed by atoms with Crippen LogP contribution in [-0.2, 0) is 20.1 Å². The van der Waals surface area contributed by atoms with Crippen LogP contribution in [0.4, 0.5) is 0 Å². The molecule has 3 rings (SSSR count). The fraction of sp³-hybridized carbons (Fsp3) is 0.529. The summed E-state index contributed by atoms with van der Waals surface area (Å²) in [5.74, 6) is 1.00. The molecule has 6 heteroatoms. The first-order valence-electron chi connectivity index (χ1n) is 8.25. The molecule has 0 unspecified atom stereocenters. The predicted molar refractivity (Wildman–Crippen MR) is 92.2 cm³/mol. The lowest BCUT2D eigenvalue weighted by atomic mass is 10.1. The molecule has 0 aliphatic carbocycles. The molecule has 0 amide bonds. The second-order valence-electron chi connectivity index (χ2n) is 6.12. The van der Waals surface area contributed by atoms with Crippen molar-refractivity contribution in [2.24, 2.45) is 7.05 Å². The second kappa shape index (κ2) is 7.90. The number of pyridine rings is 1. The first-order valence-corrected chi connectivity index (χ1v) is 8.62. The van der Waals surface area contributed by atoms with Crippen LogP contribution in [0.25, 0.3) is 0 Å².